The van der Waals surface area contributed by atoms with E-state index in [2.05, 4.69) is 0 Å². The summed E-state index contributed by atoms with van der Waals surface area (Å²) in [6.07, 6.45) is 1.88. The summed E-state index contributed by atoms with van der Waals surface area (Å²) in [6.45, 7) is 2.25. The molecule has 0 unspecified atom stereocenters. The molecular weight excluding hydrogens is 144 g/mol. The monoisotopic (exact) mass is 160 g/mol. The van der Waals surface area contributed by atoms with Crippen molar-refractivity contribution in [1.29, 1.82) is 0 Å². The predicted octanol–water partition coefficient (Wildman–Crippen LogP) is 0.828. The van der Waals surface area contributed by atoms with E-state index in [0.717, 1.165) is 26.1 Å². The minimum Gasteiger partial charge on any atom is -0.382 e. The van der Waals surface area contributed by atoms with Crippen molar-refractivity contribution in [2.24, 2.45) is 0 Å². The molecule has 0 radical (unpaired) electrons. The molecule has 1 aliphatic rings. The van der Waals surface area contributed by atoms with Gasteiger partial charge in [-0.3, -0.25) is 0 Å². The number of ether oxygens (including phenoxy) is 3. The van der Waals surface area contributed by atoms with Crippen molar-refractivity contribution in [3.05, 3.63) is 0 Å². The van der Waals surface area contributed by atoms with Gasteiger partial charge in [-0.2, -0.15) is 0 Å². The first-order chi connectivity index (χ1) is 5.33. The van der Waals surface area contributed by atoms with Gasteiger partial charge in [0.1, 0.15) is 0 Å². The lowest BCUT2D eigenvalue weighted by Gasteiger charge is -2.34. The Morgan fingerprint density at radius 1 is 1.27 bits per heavy atom. The van der Waals surface area contributed by atoms with E-state index in [4.69, 9.17) is 14.2 Å². The van der Waals surface area contributed by atoms with E-state index in [9.17, 15) is 0 Å². The van der Waals surface area contributed by atoms with Gasteiger partial charge in [0.15, 0.2) is 0 Å². The van der Waals surface area contributed by atoms with Gasteiger partial charge in [0.2, 0.25) is 0 Å². The van der Waals surface area contributed by atoms with Crippen LogP contribution in [0.1, 0.15) is 12.8 Å². The predicted molar refractivity (Wildman–Crippen MR) is 41.7 cm³/mol. The molecule has 0 atom stereocenters. The van der Waals surface area contributed by atoms with Gasteiger partial charge in [-0.1, -0.05) is 0 Å². The second-order valence-corrected chi connectivity index (χ2v) is 2.93. The third kappa shape index (κ3) is 2.15. The Balaban J connectivity index is 2.42. The van der Waals surface area contributed by atoms with Crippen LogP contribution >= 0.6 is 0 Å². The molecular formula is C8H16O3. The average molecular weight is 160 g/mol. The molecule has 1 aliphatic heterocycles. The second-order valence-electron chi connectivity index (χ2n) is 2.93. The molecule has 0 saturated carbocycles. The molecule has 3 nitrogen and oxygen atoms in total. The third-order valence-corrected chi connectivity index (χ3v) is 2.24. The first-order valence-electron chi connectivity index (χ1n) is 3.95. The molecule has 1 rings (SSSR count). The molecule has 0 aliphatic carbocycles. The first kappa shape index (κ1) is 8.97. The quantitative estimate of drug-likeness (QED) is 0.612. The molecule has 1 fully saturated rings. The van der Waals surface area contributed by atoms with E-state index in [1.165, 1.54) is 0 Å². The van der Waals surface area contributed by atoms with Gasteiger partial charge in [0, 0.05) is 40.3 Å². The van der Waals surface area contributed by atoms with Crippen LogP contribution in [0.25, 0.3) is 0 Å². The summed E-state index contributed by atoms with van der Waals surface area (Å²) in [5.41, 5.74) is -0.0764. The van der Waals surface area contributed by atoms with Crippen molar-refractivity contribution >= 4 is 0 Å². The van der Waals surface area contributed by atoms with Crippen LogP contribution in [0.15, 0.2) is 0 Å². The lowest BCUT2D eigenvalue weighted by Crippen LogP contribution is -2.42. The van der Waals surface area contributed by atoms with Gasteiger partial charge in [-0.25, -0.2) is 0 Å². The molecule has 0 spiro atoms. The zero-order chi connectivity index (χ0) is 8.16. The minimum atomic E-state index is -0.0764. The SMILES string of the molecule is COCC1(OC)CCOCC1. The fraction of sp³-hybridized carbons (Fsp3) is 1.00. The minimum absolute atomic E-state index is 0.0764. The zero-order valence-electron chi connectivity index (χ0n) is 7.26. The summed E-state index contributed by atoms with van der Waals surface area (Å²) in [6, 6.07) is 0. The number of rotatable bonds is 3. The van der Waals surface area contributed by atoms with E-state index in [1.807, 2.05) is 0 Å². The van der Waals surface area contributed by atoms with E-state index < -0.39 is 0 Å². The molecule has 1 saturated heterocycles. The largest absolute Gasteiger partial charge is 0.382 e. The molecule has 1 heterocycles. The molecule has 0 bridgehead atoms. The van der Waals surface area contributed by atoms with E-state index >= 15 is 0 Å². The fourth-order valence-corrected chi connectivity index (χ4v) is 1.41. The summed E-state index contributed by atoms with van der Waals surface area (Å²) < 4.78 is 15.7. The van der Waals surface area contributed by atoms with Crippen molar-refractivity contribution in [3.8, 4) is 0 Å². The van der Waals surface area contributed by atoms with Crippen LogP contribution in [0.4, 0.5) is 0 Å². The highest BCUT2D eigenvalue weighted by atomic mass is 16.5. The van der Waals surface area contributed by atoms with Crippen LogP contribution < -0.4 is 0 Å². The number of methoxy groups -OCH3 is 2. The van der Waals surface area contributed by atoms with Crippen LogP contribution in [0, 0.1) is 0 Å². The van der Waals surface area contributed by atoms with Gasteiger partial charge < -0.3 is 14.2 Å². The van der Waals surface area contributed by atoms with Gasteiger partial charge >= 0.3 is 0 Å². The van der Waals surface area contributed by atoms with Gasteiger partial charge in [0.05, 0.1) is 12.2 Å². The smallest absolute Gasteiger partial charge is 0.0954 e. The molecule has 66 valence electrons. The summed E-state index contributed by atoms with van der Waals surface area (Å²) in [7, 11) is 3.45. The Labute approximate surface area is 67.6 Å². The lowest BCUT2D eigenvalue weighted by atomic mass is 9.95. The maximum Gasteiger partial charge on any atom is 0.0954 e. The average Bonchev–Trinajstić information content (AvgIpc) is 2.07. The van der Waals surface area contributed by atoms with Crippen molar-refractivity contribution < 1.29 is 14.2 Å². The van der Waals surface area contributed by atoms with Crippen LogP contribution in [0.5, 0.6) is 0 Å². The summed E-state index contributed by atoms with van der Waals surface area (Å²) in [4.78, 5) is 0. The Kier molecular flexibility index (Phi) is 3.30. The van der Waals surface area contributed by atoms with Crippen molar-refractivity contribution in [2.45, 2.75) is 18.4 Å². The zero-order valence-corrected chi connectivity index (χ0v) is 7.26. The van der Waals surface area contributed by atoms with Crippen LogP contribution in [0.3, 0.4) is 0 Å². The summed E-state index contributed by atoms with van der Waals surface area (Å²) in [5.74, 6) is 0. The van der Waals surface area contributed by atoms with Gasteiger partial charge in [-0.15, -0.1) is 0 Å². The topological polar surface area (TPSA) is 27.7 Å². The molecule has 0 amide bonds. The molecule has 3 heteroatoms. The highest BCUT2D eigenvalue weighted by Gasteiger charge is 2.32. The van der Waals surface area contributed by atoms with Crippen LogP contribution in [-0.2, 0) is 14.2 Å². The number of hydrogen-bond donors (Lipinski definition) is 0. The maximum atomic E-state index is 5.41. The number of hydrogen-bond acceptors (Lipinski definition) is 3. The fourth-order valence-electron chi connectivity index (χ4n) is 1.41. The molecule has 11 heavy (non-hydrogen) atoms. The molecule has 0 aromatic heterocycles. The van der Waals surface area contributed by atoms with Crippen molar-refractivity contribution in [2.75, 3.05) is 34.0 Å². The third-order valence-electron chi connectivity index (χ3n) is 2.24. The van der Waals surface area contributed by atoms with Gasteiger partial charge in [-0.05, 0) is 0 Å². The molecule has 0 aromatic rings. The summed E-state index contributed by atoms with van der Waals surface area (Å²) >= 11 is 0. The van der Waals surface area contributed by atoms with Crippen LogP contribution in [0.2, 0.25) is 0 Å². The van der Waals surface area contributed by atoms with E-state index in [1.54, 1.807) is 14.2 Å². The van der Waals surface area contributed by atoms with E-state index in [-0.39, 0.29) is 5.60 Å². The maximum absolute atomic E-state index is 5.41. The van der Waals surface area contributed by atoms with Crippen LogP contribution in [-0.4, -0.2) is 39.6 Å². The van der Waals surface area contributed by atoms with Crippen molar-refractivity contribution in [3.63, 3.8) is 0 Å². The van der Waals surface area contributed by atoms with E-state index in [0.29, 0.717) is 6.61 Å². The normalized spacial score (nSPS) is 23.5. The Morgan fingerprint density at radius 2 is 1.91 bits per heavy atom. The van der Waals surface area contributed by atoms with Gasteiger partial charge in [0.25, 0.3) is 0 Å². The Hall–Kier alpha value is -0.120. The molecule has 0 N–H and O–H groups in total. The highest BCUT2D eigenvalue weighted by molar-refractivity contribution is 4.82. The summed E-state index contributed by atoms with van der Waals surface area (Å²) in [5, 5.41) is 0. The highest BCUT2D eigenvalue weighted by Crippen LogP contribution is 2.24. The Bertz CT molecular complexity index is 102. The van der Waals surface area contributed by atoms with Crippen molar-refractivity contribution in [1.82, 2.24) is 0 Å². The standard InChI is InChI=1S/C8H16O3/c1-9-7-8(10-2)3-5-11-6-4-8/h3-7H2,1-2H3. The molecule has 0 aromatic carbocycles. The Morgan fingerprint density at radius 3 is 2.36 bits per heavy atom. The lowest BCUT2D eigenvalue weighted by molar-refractivity contribution is -0.122. The first-order valence-corrected chi connectivity index (χ1v) is 3.95. The second kappa shape index (κ2) is 4.04.